The molecule has 1 aliphatic carbocycles. The Kier molecular flexibility index (Phi) is 12.9. The first kappa shape index (κ1) is 42.0. The number of hydrogen-bond donors (Lipinski definition) is 5. The molecule has 2 aromatic heterocycles. The molecule has 0 radical (unpaired) electrons. The molecule has 12 nitrogen and oxygen atoms in total. The highest BCUT2D eigenvalue weighted by Gasteiger charge is 2.58. The highest BCUT2D eigenvalue weighted by Crippen LogP contribution is 2.49. The number of halogens is 2. The SMILES string of the molecule is CC(C)(C)c1cc2cn(-c3ccc(CNCCCN=C(N)N)cc3)c(=O)nc2[nH]1.CC(C)(C)c1ccc(S(=O)(=O)N(CC2CC2(F)F)C2CCNCC2)cc1. The van der Waals surface area contributed by atoms with Gasteiger partial charge < -0.3 is 27.1 Å². The van der Waals surface area contributed by atoms with Gasteiger partial charge in [-0.1, -0.05) is 65.8 Å². The van der Waals surface area contributed by atoms with Gasteiger partial charge in [0.15, 0.2) is 5.96 Å². The summed E-state index contributed by atoms with van der Waals surface area (Å²) in [6.07, 6.45) is 3.79. The fraction of sp³-hybridized carbons (Fsp3) is 0.525. The van der Waals surface area contributed by atoms with Crippen LogP contribution in [0.2, 0.25) is 0 Å². The number of aromatic amines is 1. The minimum atomic E-state index is -3.80. The Labute approximate surface area is 323 Å². The molecule has 1 saturated heterocycles. The van der Waals surface area contributed by atoms with Gasteiger partial charge in [0, 0.05) is 60.7 Å². The third kappa shape index (κ3) is 11.0. The molecule has 1 aliphatic heterocycles. The lowest BCUT2D eigenvalue weighted by atomic mass is 9.87. The topological polar surface area (TPSA) is 177 Å². The molecular weight excluding hydrogens is 725 g/mol. The molecule has 0 bridgehead atoms. The van der Waals surface area contributed by atoms with Crippen molar-refractivity contribution in [3.05, 3.63) is 88.1 Å². The van der Waals surface area contributed by atoms with Crippen molar-refractivity contribution in [3.63, 3.8) is 0 Å². The van der Waals surface area contributed by atoms with Crippen LogP contribution in [-0.4, -0.2) is 77.9 Å². The molecule has 1 unspecified atom stereocenters. The summed E-state index contributed by atoms with van der Waals surface area (Å²) in [5, 5.41) is 7.47. The van der Waals surface area contributed by atoms with Gasteiger partial charge in [-0.05, 0) is 85.8 Å². The second-order valence-corrected chi connectivity index (χ2v) is 18.5. The minimum absolute atomic E-state index is 0.0352. The van der Waals surface area contributed by atoms with E-state index in [1.807, 2.05) is 42.6 Å². The summed E-state index contributed by atoms with van der Waals surface area (Å²) in [6, 6.07) is 16.6. The fourth-order valence-corrected chi connectivity index (χ4v) is 8.22. The summed E-state index contributed by atoms with van der Waals surface area (Å²) in [6.45, 7) is 16.0. The first-order valence-corrected chi connectivity index (χ1v) is 20.4. The van der Waals surface area contributed by atoms with E-state index in [1.165, 1.54) is 4.31 Å². The third-order valence-corrected chi connectivity index (χ3v) is 12.0. The van der Waals surface area contributed by atoms with Crippen LogP contribution < -0.4 is 27.8 Å². The smallest absolute Gasteiger partial charge is 0.354 e. The van der Waals surface area contributed by atoms with Crippen LogP contribution in [0.15, 0.2) is 75.5 Å². The van der Waals surface area contributed by atoms with E-state index in [4.69, 9.17) is 11.5 Å². The molecule has 2 aromatic carbocycles. The van der Waals surface area contributed by atoms with Gasteiger partial charge in [-0.25, -0.2) is 22.0 Å². The van der Waals surface area contributed by atoms with Crippen LogP contribution in [0.1, 0.15) is 84.0 Å². The van der Waals surface area contributed by atoms with Crippen LogP contribution in [0.4, 0.5) is 8.78 Å². The second-order valence-electron chi connectivity index (χ2n) is 16.6. The van der Waals surface area contributed by atoms with Gasteiger partial charge in [-0.3, -0.25) is 9.56 Å². The molecule has 0 amide bonds. The fourth-order valence-electron chi connectivity index (χ4n) is 6.49. The Balaban J connectivity index is 0.000000212. The number of fused-ring (bicyclic) bond motifs is 1. The Bertz CT molecular complexity index is 2090. The zero-order valence-electron chi connectivity index (χ0n) is 32.8. The van der Waals surface area contributed by atoms with E-state index in [2.05, 4.69) is 73.2 Å². The lowest BCUT2D eigenvalue weighted by molar-refractivity contribution is 0.0905. The molecule has 300 valence electrons. The van der Waals surface area contributed by atoms with Crippen LogP contribution in [0, 0.1) is 5.92 Å². The van der Waals surface area contributed by atoms with Crippen molar-refractivity contribution in [2.45, 2.75) is 101 Å². The Hall–Kier alpha value is -4.18. The molecule has 3 heterocycles. The van der Waals surface area contributed by atoms with Gasteiger partial charge in [0.2, 0.25) is 10.0 Å². The Morgan fingerprint density at radius 1 is 1.02 bits per heavy atom. The molecule has 15 heteroatoms. The maximum absolute atomic E-state index is 13.5. The summed E-state index contributed by atoms with van der Waals surface area (Å²) in [5.41, 5.74) is 14.8. The zero-order valence-corrected chi connectivity index (χ0v) is 33.6. The quantitative estimate of drug-likeness (QED) is 0.0746. The normalized spacial score (nSPS) is 17.5. The van der Waals surface area contributed by atoms with Gasteiger partial charge in [0.25, 0.3) is 5.92 Å². The van der Waals surface area contributed by atoms with Crippen molar-refractivity contribution in [2.24, 2.45) is 22.4 Å². The number of rotatable bonds is 12. The molecule has 1 atom stereocenters. The summed E-state index contributed by atoms with van der Waals surface area (Å²) < 4.78 is 56.3. The van der Waals surface area contributed by atoms with Crippen LogP contribution in [-0.2, 0) is 27.4 Å². The van der Waals surface area contributed by atoms with Crippen LogP contribution in [0.5, 0.6) is 0 Å². The van der Waals surface area contributed by atoms with Crippen molar-refractivity contribution in [2.75, 3.05) is 32.7 Å². The standard InChI is InChI=1S/C21H29N7O.C19H28F2N2O2S/c1-21(2,3)17-11-15-13-28(20(29)27-18(15)26-17)16-7-5-14(6-8-16)12-24-9-4-10-25-19(22)23;1-18(2,3)14-4-6-17(7-5-14)26(24,25)23(13-15-12-19(15,20)21)16-8-10-22-11-9-16/h5-8,11,13,24H,4,9-10,12H2,1-3H3,(H4,22,23,25)(H,26,27,29);4-7,15-16,22H,8-13H2,1-3H3. The third-order valence-electron chi connectivity index (χ3n) is 10.1. The molecule has 55 heavy (non-hydrogen) atoms. The number of nitrogens with one attached hydrogen (secondary N) is 3. The zero-order chi connectivity index (χ0) is 40.2. The Morgan fingerprint density at radius 2 is 1.65 bits per heavy atom. The molecular formula is C40H57F2N9O3S. The van der Waals surface area contributed by atoms with Crippen LogP contribution >= 0.6 is 0 Å². The van der Waals surface area contributed by atoms with E-state index < -0.39 is 21.9 Å². The number of guanidine groups is 1. The number of sulfonamides is 1. The van der Waals surface area contributed by atoms with Crippen molar-refractivity contribution >= 4 is 27.0 Å². The molecule has 1 saturated carbocycles. The predicted octanol–water partition coefficient (Wildman–Crippen LogP) is 5.15. The molecule has 0 spiro atoms. The lowest BCUT2D eigenvalue weighted by Gasteiger charge is -2.34. The van der Waals surface area contributed by atoms with E-state index in [0.717, 1.165) is 47.4 Å². The Morgan fingerprint density at radius 3 is 2.22 bits per heavy atom. The van der Waals surface area contributed by atoms with Crippen molar-refractivity contribution < 1.29 is 17.2 Å². The molecule has 2 fully saturated rings. The van der Waals surface area contributed by atoms with Gasteiger partial charge >= 0.3 is 5.69 Å². The first-order valence-electron chi connectivity index (χ1n) is 18.9. The number of alkyl halides is 2. The predicted molar refractivity (Wildman–Crippen MR) is 215 cm³/mol. The molecule has 4 aromatic rings. The number of hydrogen-bond acceptors (Lipinski definition) is 7. The number of nitrogens with zero attached hydrogens (tertiary/aromatic N) is 4. The van der Waals surface area contributed by atoms with E-state index in [9.17, 15) is 22.0 Å². The highest BCUT2D eigenvalue weighted by molar-refractivity contribution is 7.89. The van der Waals surface area contributed by atoms with Crippen molar-refractivity contribution in [3.8, 4) is 5.69 Å². The van der Waals surface area contributed by atoms with Gasteiger partial charge in [-0.15, -0.1) is 0 Å². The number of benzene rings is 2. The maximum Gasteiger partial charge on any atom is 0.354 e. The average molecular weight is 782 g/mol. The number of aliphatic imine (C=N–C) groups is 1. The van der Waals surface area contributed by atoms with Gasteiger partial charge in [0.05, 0.1) is 10.6 Å². The largest absolute Gasteiger partial charge is 0.370 e. The second kappa shape index (κ2) is 16.9. The summed E-state index contributed by atoms with van der Waals surface area (Å²) in [5.74, 6) is -3.46. The van der Waals surface area contributed by atoms with E-state index in [0.29, 0.717) is 38.1 Å². The van der Waals surface area contributed by atoms with Gasteiger partial charge in [0.1, 0.15) is 5.65 Å². The number of H-pyrrole nitrogens is 1. The molecule has 2 aliphatic rings. The van der Waals surface area contributed by atoms with E-state index >= 15 is 0 Å². The van der Waals surface area contributed by atoms with E-state index in [-0.39, 0.29) is 46.4 Å². The summed E-state index contributed by atoms with van der Waals surface area (Å²) >= 11 is 0. The number of aromatic nitrogens is 3. The van der Waals surface area contributed by atoms with E-state index in [1.54, 1.807) is 16.7 Å². The average Bonchev–Trinajstić information content (AvgIpc) is 3.50. The minimum Gasteiger partial charge on any atom is -0.370 e. The highest BCUT2D eigenvalue weighted by atomic mass is 32.2. The maximum atomic E-state index is 13.5. The van der Waals surface area contributed by atoms with Crippen molar-refractivity contribution in [1.29, 1.82) is 0 Å². The monoisotopic (exact) mass is 781 g/mol. The molecule has 7 N–H and O–H groups in total. The summed E-state index contributed by atoms with van der Waals surface area (Å²) in [4.78, 5) is 24.1. The first-order chi connectivity index (χ1) is 25.8. The van der Waals surface area contributed by atoms with Crippen LogP contribution in [0.25, 0.3) is 16.7 Å². The number of nitrogens with two attached hydrogens (primary N) is 2. The lowest BCUT2D eigenvalue weighted by Crippen LogP contribution is -2.47. The van der Waals surface area contributed by atoms with Gasteiger partial charge in [-0.2, -0.15) is 9.29 Å². The number of piperidine rings is 1. The summed E-state index contributed by atoms with van der Waals surface area (Å²) in [7, 11) is -3.80. The molecule has 6 rings (SSSR count). The van der Waals surface area contributed by atoms with Crippen molar-refractivity contribution in [1.82, 2.24) is 29.5 Å². The van der Waals surface area contributed by atoms with Crippen LogP contribution in [0.3, 0.4) is 0 Å².